The average molecular weight is 309 g/mol. The summed E-state index contributed by atoms with van der Waals surface area (Å²) in [5.74, 6) is 0.948. The fourth-order valence-electron chi connectivity index (χ4n) is 1.60. The molecule has 0 radical (unpaired) electrons. The van der Waals surface area contributed by atoms with Gasteiger partial charge >= 0.3 is 0 Å². The van der Waals surface area contributed by atoms with Gasteiger partial charge in [0.1, 0.15) is 5.01 Å². The number of thioether (sulfide) groups is 1. The number of nitrogen functional groups attached to an aromatic ring is 1. The summed E-state index contributed by atoms with van der Waals surface area (Å²) in [7, 11) is 1.80. The molecule has 0 amide bonds. The summed E-state index contributed by atoms with van der Waals surface area (Å²) in [6.45, 7) is 1.79. The minimum atomic E-state index is -0.164. The highest BCUT2D eigenvalue weighted by molar-refractivity contribution is 7.98. The van der Waals surface area contributed by atoms with Gasteiger partial charge in [-0.25, -0.2) is 4.98 Å². The van der Waals surface area contributed by atoms with Crippen molar-refractivity contribution < 1.29 is 0 Å². The lowest BCUT2D eigenvalue weighted by Crippen LogP contribution is -2.14. The molecule has 0 aliphatic heterocycles. The van der Waals surface area contributed by atoms with Crippen molar-refractivity contribution in [2.45, 2.75) is 17.8 Å². The van der Waals surface area contributed by atoms with Crippen molar-refractivity contribution in [1.82, 2.24) is 29.4 Å². The van der Waals surface area contributed by atoms with Gasteiger partial charge < -0.3 is 5.73 Å². The van der Waals surface area contributed by atoms with E-state index in [1.807, 2.05) is 0 Å². The van der Waals surface area contributed by atoms with Crippen LogP contribution in [-0.4, -0.2) is 29.4 Å². The van der Waals surface area contributed by atoms with Crippen LogP contribution in [0.3, 0.4) is 0 Å². The van der Waals surface area contributed by atoms with Crippen molar-refractivity contribution in [3.05, 3.63) is 27.1 Å². The SMILES string of the molecule is Cc1cc(=O)n2nc(CSc3nnc(N)n3C)sc2n1. The third kappa shape index (κ3) is 2.27. The Bertz CT molecular complexity index is 834. The van der Waals surface area contributed by atoms with E-state index in [2.05, 4.69) is 20.3 Å². The Morgan fingerprint density at radius 2 is 2.25 bits per heavy atom. The molecule has 0 bridgehead atoms. The first kappa shape index (κ1) is 13.1. The summed E-state index contributed by atoms with van der Waals surface area (Å²) in [6.07, 6.45) is 0. The van der Waals surface area contributed by atoms with Gasteiger partial charge in [-0.3, -0.25) is 9.36 Å². The minimum Gasteiger partial charge on any atom is -0.368 e. The Labute approximate surface area is 121 Å². The molecule has 0 aliphatic rings. The highest BCUT2D eigenvalue weighted by Crippen LogP contribution is 2.23. The predicted octanol–water partition coefficient (Wildman–Crippen LogP) is 0.462. The van der Waals surface area contributed by atoms with Crippen LogP contribution in [-0.2, 0) is 12.8 Å². The Kier molecular flexibility index (Phi) is 3.18. The zero-order chi connectivity index (χ0) is 14.3. The molecular weight excluding hydrogens is 298 g/mol. The topological polar surface area (TPSA) is 104 Å². The molecule has 3 heterocycles. The molecular formula is C10H11N7OS2. The van der Waals surface area contributed by atoms with Crippen molar-refractivity contribution in [1.29, 1.82) is 0 Å². The lowest BCUT2D eigenvalue weighted by atomic mass is 10.5. The maximum Gasteiger partial charge on any atom is 0.275 e. The van der Waals surface area contributed by atoms with Crippen LogP contribution in [0.2, 0.25) is 0 Å². The standard InChI is InChI=1S/C10H11N7OS2/c1-5-3-7(18)17-9(12-5)20-6(15-17)4-19-10-14-13-8(11)16(10)2/h3H,4H2,1-2H3,(H2,11,13). The lowest BCUT2D eigenvalue weighted by molar-refractivity contribution is 0.795. The molecule has 2 N–H and O–H groups in total. The van der Waals surface area contributed by atoms with Crippen LogP contribution in [0.25, 0.3) is 4.96 Å². The molecule has 20 heavy (non-hydrogen) atoms. The molecule has 0 saturated carbocycles. The Balaban J connectivity index is 1.87. The minimum absolute atomic E-state index is 0.164. The normalized spacial score (nSPS) is 11.3. The van der Waals surface area contributed by atoms with Gasteiger partial charge in [0, 0.05) is 18.8 Å². The van der Waals surface area contributed by atoms with E-state index >= 15 is 0 Å². The second-order valence-electron chi connectivity index (χ2n) is 4.11. The van der Waals surface area contributed by atoms with Gasteiger partial charge in [0.15, 0.2) is 5.16 Å². The maximum atomic E-state index is 11.8. The summed E-state index contributed by atoms with van der Waals surface area (Å²) in [5, 5.41) is 13.5. The average Bonchev–Trinajstić information content (AvgIpc) is 2.93. The molecule has 0 saturated heterocycles. The molecule has 0 spiro atoms. The van der Waals surface area contributed by atoms with Gasteiger partial charge in [0.2, 0.25) is 10.9 Å². The van der Waals surface area contributed by atoms with Crippen molar-refractivity contribution in [3.8, 4) is 0 Å². The molecule has 0 atom stereocenters. The number of hydrogen-bond acceptors (Lipinski definition) is 8. The maximum absolute atomic E-state index is 11.8. The molecule has 0 fully saturated rings. The van der Waals surface area contributed by atoms with Crippen LogP contribution in [0, 0.1) is 6.92 Å². The first-order valence-corrected chi connectivity index (χ1v) is 7.49. The third-order valence-electron chi connectivity index (χ3n) is 2.61. The van der Waals surface area contributed by atoms with Crippen LogP contribution >= 0.6 is 23.1 Å². The molecule has 10 heteroatoms. The monoisotopic (exact) mass is 309 g/mol. The van der Waals surface area contributed by atoms with Gasteiger partial charge in [0.05, 0.1) is 5.75 Å². The number of aromatic nitrogens is 6. The van der Waals surface area contributed by atoms with Gasteiger partial charge in [-0.2, -0.15) is 9.61 Å². The Morgan fingerprint density at radius 1 is 1.45 bits per heavy atom. The number of aryl methyl sites for hydroxylation is 1. The number of nitrogens with zero attached hydrogens (tertiary/aromatic N) is 6. The van der Waals surface area contributed by atoms with E-state index in [1.165, 1.54) is 33.7 Å². The summed E-state index contributed by atoms with van der Waals surface area (Å²) in [5.41, 5.74) is 6.14. The first-order chi connectivity index (χ1) is 9.54. The van der Waals surface area contributed by atoms with Gasteiger partial charge in [0.25, 0.3) is 5.56 Å². The number of fused-ring (bicyclic) bond motifs is 1. The van der Waals surface area contributed by atoms with E-state index in [-0.39, 0.29) is 5.56 Å². The lowest BCUT2D eigenvalue weighted by Gasteiger charge is -1.98. The summed E-state index contributed by atoms with van der Waals surface area (Å²) < 4.78 is 3.02. The molecule has 3 rings (SSSR count). The summed E-state index contributed by atoms with van der Waals surface area (Å²) in [4.78, 5) is 16.7. The highest BCUT2D eigenvalue weighted by Gasteiger charge is 2.11. The predicted molar refractivity (Wildman–Crippen MR) is 76.8 cm³/mol. The summed E-state index contributed by atoms with van der Waals surface area (Å²) >= 11 is 2.85. The van der Waals surface area contributed by atoms with Crippen LogP contribution < -0.4 is 11.3 Å². The largest absolute Gasteiger partial charge is 0.368 e. The fourth-order valence-corrected chi connectivity index (χ4v) is 3.45. The van der Waals surface area contributed by atoms with E-state index in [0.717, 1.165) is 5.01 Å². The molecule has 3 aromatic heterocycles. The quantitative estimate of drug-likeness (QED) is 0.701. The molecule has 0 aromatic carbocycles. The van der Waals surface area contributed by atoms with Crippen molar-refractivity contribution >= 4 is 34.0 Å². The molecule has 0 aliphatic carbocycles. The Morgan fingerprint density at radius 3 is 2.95 bits per heavy atom. The number of rotatable bonds is 3. The van der Waals surface area contributed by atoms with Crippen LogP contribution in [0.15, 0.2) is 16.0 Å². The molecule has 3 aromatic rings. The van der Waals surface area contributed by atoms with E-state index in [9.17, 15) is 4.79 Å². The number of hydrogen-bond donors (Lipinski definition) is 1. The van der Waals surface area contributed by atoms with Crippen molar-refractivity contribution in [3.63, 3.8) is 0 Å². The Hall–Kier alpha value is -1.94. The molecule has 8 nitrogen and oxygen atoms in total. The van der Waals surface area contributed by atoms with E-state index in [4.69, 9.17) is 5.73 Å². The first-order valence-electron chi connectivity index (χ1n) is 5.68. The van der Waals surface area contributed by atoms with E-state index in [1.54, 1.807) is 18.5 Å². The molecule has 104 valence electrons. The molecule has 0 unspecified atom stereocenters. The van der Waals surface area contributed by atoms with Gasteiger partial charge in [-0.05, 0) is 6.92 Å². The third-order valence-corrected chi connectivity index (χ3v) is 4.73. The van der Waals surface area contributed by atoms with Crippen molar-refractivity contribution in [2.75, 3.05) is 5.73 Å². The number of nitrogens with two attached hydrogens (primary N) is 1. The number of anilines is 1. The van der Waals surface area contributed by atoms with E-state index in [0.29, 0.717) is 27.5 Å². The van der Waals surface area contributed by atoms with Gasteiger partial charge in [-0.15, -0.1) is 10.2 Å². The zero-order valence-corrected chi connectivity index (χ0v) is 12.4. The van der Waals surface area contributed by atoms with Gasteiger partial charge in [-0.1, -0.05) is 23.1 Å². The zero-order valence-electron chi connectivity index (χ0n) is 10.8. The van der Waals surface area contributed by atoms with Crippen molar-refractivity contribution in [2.24, 2.45) is 7.05 Å². The van der Waals surface area contributed by atoms with Crippen LogP contribution in [0.4, 0.5) is 5.95 Å². The van der Waals surface area contributed by atoms with Crippen LogP contribution in [0.1, 0.15) is 10.7 Å². The van der Waals surface area contributed by atoms with E-state index < -0.39 is 0 Å². The second kappa shape index (κ2) is 4.87. The smallest absolute Gasteiger partial charge is 0.275 e. The van der Waals surface area contributed by atoms with Crippen LogP contribution in [0.5, 0.6) is 0 Å². The highest BCUT2D eigenvalue weighted by atomic mass is 32.2. The fraction of sp³-hybridized carbons (Fsp3) is 0.300. The summed E-state index contributed by atoms with van der Waals surface area (Å²) in [6, 6.07) is 1.47. The second-order valence-corrected chi connectivity index (χ2v) is 6.10.